The Morgan fingerprint density at radius 3 is 2.58 bits per heavy atom. The van der Waals surface area contributed by atoms with E-state index in [0.717, 1.165) is 0 Å². The van der Waals surface area contributed by atoms with Crippen molar-refractivity contribution in [3.05, 3.63) is 29.8 Å². The number of hydrogen-bond donors (Lipinski definition) is 1. The van der Waals surface area contributed by atoms with Crippen LogP contribution in [-0.2, 0) is 26.2 Å². The predicted octanol–water partition coefficient (Wildman–Crippen LogP) is 2.99. The summed E-state index contributed by atoms with van der Waals surface area (Å²) in [6.07, 6.45) is -3.33. The molecule has 1 N–H and O–H groups in total. The van der Waals surface area contributed by atoms with Gasteiger partial charge >= 0.3 is 12.1 Å². The maximum atomic E-state index is 12.7. The maximum absolute atomic E-state index is 12.7. The molecule has 0 radical (unpaired) electrons. The standard InChI is InChI=1S/C20H28F3N3O4S/c1-3-11-31(29,30)26-10-6-8-16(14-26)18(27)24-17-9-5-7-15(12-17)13-25(4-2)19(28)20(21,22)23/h5,7,9,12,16H,3-4,6,8,10-11,13-14H2,1-2H3,(H,24,27). The number of alkyl halides is 3. The Labute approximate surface area is 180 Å². The lowest BCUT2D eigenvalue weighted by atomic mass is 9.98. The number of carbonyl (C=O) groups is 2. The van der Waals surface area contributed by atoms with Crippen molar-refractivity contribution >= 4 is 27.5 Å². The molecule has 1 aromatic carbocycles. The third kappa shape index (κ3) is 6.93. The lowest BCUT2D eigenvalue weighted by molar-refractivity contribution is -0.185. The lowest BCUT2D eigenvalue weighted by Crippen LogP contribution is -2.44. The monoisotopic (exact) mass is 463 g/mol. The number of sulfonamides is 1. The fourth-order valence-electron chi connectivity index (χ4n) is 3.51. The summed E-state index contributed by atoms with van der Waals surface area (Å²) in [4.78, 5) is 24.9. The second-order valence-corrected chi connectivity index (χ2v) is 9.61. The minimum Gasteiger partial charge on any atom is -0.331 e. The molecular formula is C20H28F3N3O4S. The molecule has 1 aliphatic rings. The van der Waals surface area contributed by atoms with E-state index in [-0.39, 0.29) is 31.3 Å². The molecule has 0 spiro atoms. The van der Waals surface area contributed by atoms with E-state index in [1.807, 2.05) is 0 Å². The number of benzene rings is 1. The van der Waals surface area contributed by atoms with E-state index in [2.05, 4.69) is 5.32 Å². The summed E-state index contributed by atoms with van der Waals surface area (Å²) in [5.74, 6) is -2.73. The van der Waals surface area contributed by atoms with Gasteiger partial charge in [0.25, 0.3) is 0 Å². The van der Waals surface area contributed by atoms with Crippen molar-refractivity contribution < 1.29 is 31.2 Å². The second kappa shape index (κ2) is 10.4. The van der Waals surface area contributed by atoms with Crippen molar-refractivity contribution in [1.82, 2.24) is 9.21 Å². The molecule has 2 rings (SSSR count). The van der Waals surface area contributed by atoms with Gasteiger partial charge < -0.3 is 10.2 Å². The fraction of sp³-hybridized carbons (Fsp3) is 0.600. The Balaban J connectivity index is 2.05. The van der Waals surface area contributed by atoms with E-state index in [1.165, 1.54) is 17.3 Å². The van der Waals surface area contributed by atoms with Crippen LogP contribution in [0.4, 0.5) is 18.9 Å². The van der Waals surface area contributed by atoms with Crippen molar-refractivity contribution in [2.45, 2.75) is 45.8 Å². The molecule has 0 aromatic heterocycles. The van der Waals surface area contributed by atoms with E-state index in [9.17, 15) is 31.2 Å². The van der Waals surface area contributed by atoms with Gasteiger partial charge in [-0.05, 0) is 43.9 Å². The number of amides is 2. The highest BCUT2D eigenvalue weighted by molar-refractivity contribution is 7.89. The summed E-state index contributed by atoms with van der Waals surface area (Å²) in [6.45, 7) is 3.38. The van der Waals surface area contributed by atoms with Gasteiger partial charge in [-0.2, -0.15) is 13.2 Å². The molecule has 11 heteroatoms. The Morgan fingerprint density at radius 2 is 1.97 bits per heavy atom. The van der Waals surface area contributed by atoms with Crippen LogP contribution < -0.4 is 5.32 Å². The van der Waals surface area contributed by atoms with Crippen LogP contribution in [0.3, 0.4) is 0 Å². The normalized spacial score (nSPS) is 17.9. The van der Waals surface area contributed by atoms with Gasteiger partial charge in [-0.3, -0.25) is 9.59 Å². The van der Waals surface area contributed by atoms with Gasteiger partial charge in [0.2, 0.25) is 15.9 Å². The number of rotatable bonds is 8. The fourth-order valence-corrected chi connectivity index (χ4v) is 5.10. The Morgan fingerprint density at radius 1 is 1.26 bits per heavy atom. The third-order valence-electron chi connectivity index (χ3n) is 5.09. The quantitative estimate of drug-likeness (QED) is 0.642. The van der Waals surface area contributed by atoms with E-state index in [4.69, 9.17) is 0 Å². The number of piperidine rings is 1. The Kier molecular flexibility index (Phi) is 8.47. The lowest BCUT2D eigenvalue weighted by Gasteiger charge is -2.31. The van der Waals surface area contributed by atoms with Crippen molar-refractivity contribution in [2.75, 3.05) is 30.7 Å². The molecule has 1 aromatic rings. The molecule has 1 aliphatic heterocycles. The first-order valence-corrected chi connectivity index (χ1v) is 11.8. The largest absolute Gasteiger partial charge is 0.471 e. The minimum absolute atomic E-state index is 0.0357. The smallest absolute Gasteiger partial charge is 0.331 e. The van der Waals surface area contributed by atoms with E-state index >= 15 is 0 Å². The predicted molar refractivity (Wildman–Crippen MR) is 111 cm³/mol. The first-order valence-electron chi connectivity index (χ1n) is 10.2. The van der Waals surface area contributed by atoms with Gasteiger partial charge in [0.1, 0.15) is 0 Å². The first kappa shape index (κ1) is 25.1. The summed E-state index contributed by atoms with van der Waals surface area (Å²) in [6, 6.07) is 6.26. The number of nitrogens with one attached hydrogen (secondary N) is 1. The first-order chi connectivity index (χ1) is 14.5. The summed E-state index contributed by atoms with van der Waals surface area (Å²) in [7, 11) is -3.39. The molecule has 174 valence electrons. The molecule has 1 unspecified atom stereocenters. The van der Waals surface area contributed by atoms with Gasteiger partial charge in [0, 0.05) is 31.9 Å². The molecule has 0 aliphatic carbocycles. The molecule has 7 nitrogen and oxygen atoms in total. The van der Waals surface area contributed by atoms with Crippen molar-refractivity contribution in [1.29, 1.82) is 0 Å². The van der Waals surface area contributed by atoms with E-state index in [1.54, 1.807) is 25.1 Å². The van der Waals surface area contributed by atoms with Crippen molar-refractivity contribution in [2.24, 2.45) is 5.92 Å². The van der Waals surface area contributed by atoms with Crippen LogP contribution in [0.2, 0.25) is 0 Å². The molecule has 1 fully saturated rings. The van der Waals surface area contributed by atoms with Crippen LogP contribution in [0.1, 0.15) is 38.7 Å². The number of carbonyl (C=O) groups excluding carboxylic acids is 2. The molecule has 1 heterocycles. The van der Waals surface area contributed by atoms with Gasteiger partial charge in [-0.15, -0.1) is 0 Å². The van der Waals surface area contributed by atoms with Crippen LogP contribution in [0.15, 0.2) is 24.3 Å². The van der Waals surface area contributed by atoms with Crippen LogP contribution in [0.5, 0.6) is 0 Å². The van der Waals surface area contributed by atoms with Crippen molar-refractivity contribution in [3.63, 3.8) is 0 Å². The summed E-state index contributed by atoms with van der Waals surface area (Å²) in [5.41, 5.74) is 0.819. The minimum atomic E-state index is -4.95. The zero-order chi connectivity index (χ0) is 23.2. The average molecular weight is 464 g/mol. The highest BCUT2D eigenvalue weighted by Gasteiger charge is 2.42. The van der Waals surface area contributed by atoms with E-state index in [0.29, 0.717) is 42.0 Å². The van der Waals surface area contributed by atoms with Gasteiger partial charge in [0.15, 0.2) is 0 Å². The Hall–Kier alpha value is -2.14. The molecule has 1 saturated heterocycles. The SMILES string of the molecule is CCCS(=O)(=O)N1CCCC(C(=O)Nc2cccc(CN(CC)C(=O)C(F)(F)F)c2)C1. The highest BCUT2D eigenvalue weighted by atomic mass is 32.2. The molecule has 1 atom stereocenters. The maximum Gasteiger partial charge on any atom is 0.471 e. The zero-order valence-electron chi connectivity index (χ0n) is 17.6. The van der Waals surface area contributed by atoms with E-state index < -0.39 is 28.0 Å². The second-order valence-electron chi connectivity index (χ2n) is 7.52. The third-order valence-corrected chi connectivity index (χ3v) is 7.13. The number of nitrogens with zero attached hydrogens (tertiary/aromatic N) is 2. The molecule has 0 bridgehead atoms. The number of hydrogen-bond acceptors (Lipinski definition) is 4. The number of halogens is 3. The van der Waals surface area contributed by atoms with Gasteiger partial charge in [0.05, 0.1) is 11.7 Å². The molecule has 0 saturated carbocycles. The van der Waals surface area contributed by atoms with Crippen LogP contribution in [0.25, 0.3) is 0 Å². The summed E-state index contributed by atoms with van der Waals surface area (Å²) < 4.78 is 64.1. The molecule has 31 heavy (non-hydrogen) atoms. The van der Waals surface area contributed by atoms with Crippen LogP contribution in [-0.4, -0.2) is 61.0 Å². The van der Waals surface area contributed by atoms with Gasteiger partial charge in [-0.1, -0.05) is 19.1 Å². The average Bonchev–Trinajstić information content (AvgIpc) is 2.71. The summed E-state index contributed by atoms with van der Waals surface area (Å²) >= 11 is 0. The summed E-state index contributed by atoms with van der Waals surface area (Å²) in [5, 5.41) is 2.72. The highest BCUT2D eigenvalue weighted by Crippen LogP contribution is 2.23. The molecule has 2 amide bonds. The molecular weight excluding hydrogens is 435 g/mol. The van der Waals surface area contributed by atoms with Crippen LogP contribution in [0, 0.1) is 5.92 Å². The van der Waals surface area contributed by atoms with Gasteiger partial charge in [-0.25, -0.2) is 12.7 Å². The van der Waals surface area contributed by atoms with Crippen molar-refractivity contribution in [3.8, 4) is 0 Å². The Bertz CT molecular complexity index is 890. The van der Waals surface area contributed by atoms with Crippen LogP contribution >= 0.6 is 0 Å². The number of anilines is 1. The topological polar surface area (TPSA) is 86.8 Å². The zero-order valence-corrected chi connectivity index (χ0v) is 18.4.